The highest BCUT2D eigenvalue weighted by atomic mass is 16.2. The van der Waals surface area contributed by atoms with Crippen LogP contribution >= 0.6 is 0 Å². The van der Waals surface area contributed by atoms with Crippen molar-refractivity contribution in [1.29, 1.82) is 0 Å². The summed E-state index contributed by atoms with van der Waals surface area (Å²) in [5, 5.41) is 8.84. The average molecular weight is 276 g/mol. The van der Waals surface area contributed by atoms with Gasteiger partial charge in [0.05, 0.1) is 0 Å². The molecule has 0 aromatic heterocycles. The summed E-state index contributed by atoms with van der Waals surface area (Å²) in [6.07, 6.45) is 0.342. The van der Waals surface area contributed by atoms with Crippen LogP contribution in [0.1, 0.15) is 13.3 Å². The molecular weight excluding hydrogens is 256 g/mol. The second-order valence-electron chi connectivity index (χ2n) is 4.58. The predicted molar refractivity (Wildman–Crippen MR) is 79.0 cm³/mol. The molecular formula is C14H20N4O2. The summed E-state index contributed by atoms with van der Waals surface area (Å²) in [6, 6.07) is 7.28. The zero-order valence-electron chi connectivity index (χ0n) is 11.6. The molecule has 0 spiro atoms. The van der Waals surface area contributed by atoms with Crippen molar-refractivity contribution in [3.8, 4) is 0 Å². The number of nitrogens with zero attached hydrogens (tertiary/aromatic N) is 1. The van der Waals surface area contributed by atoms with Gasteiger partial charge in [-0.2, -0.15) is 0 Å². The standard InChI is InChI=1S/C14H20N4O2/c1-2-15-8-9-16-11-3-5-12(6-4-11)18-10-7-13(19)17-14(18)20/h3-6,15-16H,2,7-10H2,1H3,(H,17,19,20). The van der Waals surface area contributed by atoms with E-state index >= 15 is 0 Å². The lowest BCUT2D eigenvalue weighted by Crippen LogP contribution is -2.49. The van der Waals surface area contributed by atoms with Gasteiger partial charge in [0.2, 0.25) is 5.91 Å². The van der Waals surface area contributed by atoms with Crippen LogP contribution in [0.4, 0.5) is 16.2 Å². The number of amides is 3. The van der Waals surface area contributed by atoms with E-state index < -0.39 is 0 Å². The van der Waals surface area contributed by atoms with Crippen molar-refractivity contribution in [2.75, 3.05) is 36.4 Å². The van der Waals surface area contributed by atoms with Crippen molar-refractivity contribution in [2.24, 2.45) is 0 Å². The number of hydrogen-bond acceptors (Lipinski definition) is 4. The summed E-state index contributed by atoms with van der Waals surface area (Å²) in [6.45, 7) is 5.23. The van der Waals surface area contributed by atoms with Gasteiger partial charge in [0.25, 0.3) is 0 Å². The van der Waals surface area contributed by atoms with E-state index in [4.69, 9.17) is 0 Å². The SMILES string of the molecule is CCNCCNc1ccc(N2CCC(=O)NC2=O)cc1. The minimum atomic E-state index is -0.353. The Morgan fingerprint density at radius 2 is 1.95 bits per heavy atom. The van der Waals surface area contributed by atoms with Gasteiger partial charge < -0.3 is 10.6 Å². The lowest BCUT2D eigenvalue weighted by molar-refractivity contribution is -0.120. The van der Waals surface area contributed by atoms with E-state index in [1.807, 2.05) is 24.3 Å². The van der Waals surface area contributed by atoms with E-state index in [0.29, 0.717) is 13.0 Å². The molecule has 2 rings (SSSR count). The molecule has 1 aromatic carbocycles. The van der Waals surface area contributed by atoms with Crippen LogP contribution in [-0.2, 0) is 4.79 Å². The molecule has 3 N–H and O–H groups in total. The first-order valence-corrected chi connectivity index (χ1v) is 6.86. The van der Waals surface area contributed by atoms with Crippen molar-refractivity contribution in [3.63, 3.8) is 0 Å². The zero-order valence-corrected chi connectivity index (χ0v) is 11.6. The normalized spacial score (nSPS) is 15.2. The van der Waals surface area contributed by atoms with Gasteiger partial charge in [-0.25, -0.2) is 4.79 Å². The molecule has 0 aliphatic carbocycles. The lowest BCUT2D eigenvalue weighted by Gasteiger charge is -2.26. The minimum Gasteiger partial charge on any atom is -0.384 e. The van der Waals surface area contributed by atoms with Crippen molar-refractivity contribution in [3.05, 3.63) is 24.3 Å². The molecule has 1 aliphatic rings. The van der Waals surface area contributed by atoms with Gasteiger partial charge in [-0.15, -0.1) is 0 Å². The molecule has 0 saturated carbocycles. The van der Waals surface area contributed by atoms with E-state index in [2.05, 4.69) is 22.9 Å². The van der Waals surface area contributed by atoms with E-state index in [0.717, 1.165) is 31.0 Å². The summed E-state index contributed by atoms with van der Waals surface area (Å²) in [5.41, 5.74) is 1.81. The fourth-order valence-corrected chi connectivity index (χ4v) is 2.04. The van der Waals surface area contributed by atoms with E-state index in [-0.39, 0.29) is 11.9 Å². The second-order valence-corrected chi connectivity index (χ2v) is 4.58. The fraction of sp³-hybridized carbons (Fsp3) is 0.429. The Kier molecular flexibility index (Phi) is 4.95. The molecule has 1 aliphatic heterocycles. The monoisotopic (exact) mass is 276 g/mol. The number of anilines is 2. The van der Waals surface area contributed by atoms with Crippen LogP contribution in [0.2, 0.25) is 0 Å². The highest BCUT2D eigenvalue weighted by molar-refractivity contribution is 6.05. The molecule has 0 bridgehead atoms. The van der Waals surface area contributed by atoms with Crippen LogP contribution < -0.4 is 20.9 Å². The summed E-state index contributed by atoms with van der Waals surface area (Å²) < 4.78 is 0. The largest absolute Gasteiger partial charge is 0.384 e. The van der Waals surface area contributed by atoms with E-state index in [9.17, 15) is 9.59 Å². The molecule has 0 atom stereocenters. The number of carbonyl (C=O) groups excluding carboxylic acids is 2. The fourth-order valence-electron chi connectivity index (χ4n) is 2.04. The number of benzene rings is 1. The van der Waals surface area contributed by atoms with Gasteiger partial charge in [0, 0.05) is 37.4 Å². The first kappa shape index (κ1) is 14.3. The van der Waals surface area contributed by atoms with E-state index in [1.54, 1.807) is 4.90 Å². The van der Waals surface area contributed by atoms with Crippen LogP contribution in [0.3, 0.4) is 0 Å². The summed E-state index contributed by atoms with van der Waals surface area (Å²) >= 11 is 0. The summed E-state index contributed by atoms with van der Waals surface area (Å²) in [7, 11) is 0. The van der Waals surface area contributed by atoms with Gasteiger partial charge in [0.1, 0.15) is 0 Å². The predicted octanol–water partition coefficient (Wildman–Crippen LogP) is 1.15. The molecule has 1 aromatic rings. The lowest BCUT2D eigenvalue weighted by atomic mass is 10.2. The summed E-state index contributed by atoms with van der Waals surface area (Å²) in [5.74, 6) is -0.215. The maximum absolute atomic E-state index is 11.7. The van der Waals surface area contributed by atoms with Gasteiger partial charge >= 0.3 is 6.03 Å². The third-order valence-electron chi connectivity index (χ3n) is 3.11. The van der Waals surface area contributed by atoms with Crippen LogP contribution in [0, 0.1) is 0 Å². The molecule has 20 heavy (non-hydrogen) atoms. The zero-order chi connectivity index (χ0) is 14.4. The molecule has 6 nitrogen and oxygen atoms in total. The molecule has 3 amide bonds. The third-order valence-corrected chi connectivity index (χ3v) is 3.11. The number of nitrogens with one attached hydrogen (secondary N) is 3. The van der Waals surface area contributed by atoms with Gasteiger partial charge in [-0.1, -0.05) is 6.92 Å². The third kappa shape index (κ3) is 3.71. The molecule has 108 valence electrons. The molecule has 6 heteroatoms. The average Bonchev–Trinajstić information content (AvgIpc) is 2.45. The second kappa shape index (κ2) is 6.91. The van der Waals surface area contributed by atoms with Crippen LogP contribution in [0.5, 0.6) is 0 Å². The Labute approximate surface area is 118 Å². The minimum absolute atomic E-state index is 0.215. The number of hydrogen-bond donors (Lipinski definition) is 3. The number of carbonyl (C=O) groups is 2. The topological polar surface area (TPSA) is 73.5 Å². The van der Waals surface area contributed by atoms with Gasteiger partial charge in [0.15, 0.2) is 0 Å². The number of likely N-dealkylation sites (N-methyl/N-ethyl adjacent to an activating group) is 1. The first-order chi connectivity index (χ1) is 9.70. The van der Waals surface area contributed by atoms with Crippen LogP contribution in [0.25, 0.3) is 0 Å². The quantitative estimate of drug-likeness (QED) is 0.682. The molecule has 1 saturated heterocycles. The molecule has 0 radical (unpaired) electrons. The highest BCUT2D eigenvalue weighted by Crippen LogP contribution is 2.19. The number of urea groups is 1. The Morgan fingerprint density at radius 3 is 2.60 bits per heavy atom. The van der Waals surface area contributed by atoms with Crippen LogP contribution in [0.15, 0.2) is 24.3 Å². The number of rotatable bonds is 6. The highest BCUT2D eigenvalue weighted by Gasteiger charge is 2.23. The van der Waals surface area contributed by atoms with Gasteiger partial charge in [-0.05, 0) is 30.8 Å². The Bertz CT molecular complexity index is 473. The van der Waals surface area contributed by atoms with Crippen molar-refractivity contribution in [1.82, 2.24) is 10.6 Å². The maximum Gasteiger partial charge on any atom is 0.328 e. The molecule has 0 unspecified atom stereocenters. The Morgan fingerprint density at radius 1 is 1.20 bits per heavy atom. The smallest absolute Gasteiger partial charge is 0.328 e. The van der Waals surface area contributed by atoms with Gasteiger partial charge in [-0.3, -0.25) is 15.0 Å². The van der Waals surface area contributed by atoms with Crippen molar-refractivity contribution >= 4 is 23.3 Å². The Hall–Kier alpha value is -2.08. The Balaban J connectivity index is 1.91. The van der Waals surface area contributed by atoms with Crippen molar-refractivity contribution in [2.45, 2.75) is 13.3 Å². The maximum atomic E-state index is 11.7. The van der Waals surface area contributed by atoms with Crippen molar-refractivity contribution < 1.29 is 9.59 Å². The first-order valence-electron chi connectivity index (χ1n) is 6.86. The molecule has 1 heterocycles. The summed E-state index contributed by atoms with van der Waals surface area (Å²) in [4.78, 5) is 24.4. The number of imide groups is 1. The van der Waals surface area contributed by atoms with Crippen LogP contribution in [-0.4, -0.2) is 38.1 Å². The molecule has 1 fully saturated rings. The van der Waals surface area contributed by atoms with E-state index in [1.165, 1.54) is 0 Å².